The number of carboxylic acids is 1. The van der Waals surface area contributed by atoms with Gasteiger partial charge in [-0.3, -0.25) is 24.0 Å². The predicted octanol–water partition coefficient (Wildman–Crippen LogP) is -5.24. The maximum Gasteiger partial charge on any atom is 0.328 e. The fourth-order valence-electron chi connectivity index (χ4n) is 2.37. The van der Waals surface area contributed by atoms with E-state index in [1.165, 1.54) is 0 Å². The minimum Gasteiger partial charge on any atom is -0.480 e. The van der Waals surface area contributed by atoms with Gasteiger partial charge in [0.05, 0.1) is 18.8 Å². The maximum absolute atomic E-state index is 12.6. The number of carboxylic acid groups (broad SMARTS) is 1. The van der Waals surface area contributed by atoms with Crippen LogP contribution in [0.15, 0.2) is 0 Å². The number of carbonyl (C=O) groups excluding carboxylic acids is 5. The Bertz CT molecular complexity index is 715. The molecule has 5 unspecified atom stereocenters. The van der Waals surface area contributed by atoms with Crippen molar-refractivity contribution in [2.75, 3.05) is 6.61 Å². The normalized spacial score (nSPS) is 15.4. The van der Waals surface area contributed by atoms with Crippen molar-refractivity contribution in [1.29, 1.82) is 0 Å². The number of aliphatic carboxylic acids is 1. The van der Waals surface area contributed by atoms with Gasteiger partial charge in [-0.1, -0.05) is 0 Å². The summed E-state index contributed by atoms with van der Waals surface area (Å²) in [5, 5.41) is 34.2. The zero-order valence-electron chi connectivity index (χ0n) is 17.4. The smallest absolute Gasteiger partial charge is 0.328 e. The topological polar surface area (TPSA) is 277 Å². The van der Waals surface area contributed by atoms with Crippen molar-refractivity contribution in [3.63, 3.8) is 0 Å². The number of carbonyl (C=O) groups is 6. The summed E-state index contributed by atoms with van der Waals surface area (Å²) in [6.45, 7) is 0.167. The lowest BCUT2D eigenvalue weighted by Crippen LogP contribution is -2.59. The Kier molecular flexibility index (Phi) is 12.5. The molecular weight excluding hydrogens is 432 g/mol. The summed E-state index contributed by atoms with van der Waals surface area (Å²) in [6.07, 6.45) is -2.37. The highest BCUT2D eigenvalue weighted by Gasteiger charge is 2.31. The lowest BCUT2D eigenvalue weighted by atomic mass is 10.1. The highest BCUT2D eigenvalue weighted by Crippen LogP contribution is 2.02. The van der Waals surface area contributed by atoms with Crippen LogP contribution in [-0.2, 0) is 28.8 Å². The highest BCUT2D eigenvalue weighted by atomic mass is 16.4. The van der Waals surface area contributed by atoms with Gasteiger partial charge in [0.2, 0.25) is 29.5 Å². The number of nitrogens with one attached hydrogen (secondary N) is 3. The third-order valence-corrected chi connectivity index (χ3v) is 4.21. The Morgan fingerprint density at radius 3 is 1.72 bits per heavy atom. The van der Waals surface area contributed by atoms with Crippen molar-refractivity contribution in [2.45, 2.75) is 62.9 Å². The van der Waals surface area contributed by atoms with Gasteiger partial charge in [0.25, 0.3) is 0 Å². The third kappa shape index (κ3) is 10.6. The van der Waals surface area contributed by atoms with Gasteiger partial charge >= 0.3 is 5.97 Å². The molecular formula is C17H30N6O9. The number of hydrogen-bond acceptors (Lipinski definition) is 9. The molecule has 15 nitrogen and oxygen atoms in total. The van der Waals surface area contributed by atoms with Crippen LogP contribution in [0.2, 0.25) is 0 Å². The van der Waals surface area contributed by atoms with E-state index in [1.807, 2.05) is 5.32 Å². The van der Waals surface area contributed by atoms with Gasteiger partial charge in [-0.15, -0.1) is 0 Å². The quantitative estimate of drug-likeness (QED) is 0.111. The van der Waals surface area contributed by atoms with Gasteiger partial charge in [0.1, 0.15) is 12.1 Å². The monoisotopic (exact) mass is 462 g/mol. The Morgan fingerprint density at radius 1 is 0.812 bits per heavy atom. The van der Waals surface area contributed by atoms with Crippen LogP contribution in [0.3, 0.4) is 0 Å². The second kappa shape index (κ2) is 13.9. The maximum atomic E-state index is 12.6. The molecule has 0 saturated heterocycles. The first-order valence-electron chi connectivity index (χ1n) is 9.55. The average Bonchev–Trinajstić information content (AvgIpc) is 2.69. The van der Waals surface area contributed by atoms with E-state index in [1.54, 1.807) is 0 Å². The molecule has 0 rings (SSSR count). The zero-order valence-corrected chi connectivity index (χ0v) is 17.4. The molecule has 182 valence electrons. The van der Waals surface area contributed by atoms with Gasteiger partial charge in [-0.05, 0) is 19.8 Å². The second-order valence-corrected chi connectivity index (χ2v) is 6.99. The summed E-state index contributed by atoms with van der Waals surface area (Å²) in [4.78, 5) is 69.9. The number of nitrogens with two attached hydrogens (primary N) is 3. The second-order valence-electron chi connectivity index (χ2n) is 6.99. The lowest BCUT2D eigenvalue weighted by Gasteiger charge is -2.24. The first-order chi connectivity index (χ1) is 14.8. The average molecular weight is 462 g/mol. The number of aliphatic hydroxyl groups is 2. The van der Waals surface area contributed by atoms with E-state index in [0.717, 1.165) is 6.92 Å². The van der Waals surface area contributed by atoms with E-state index in [0.29, 0.717) is 0 Å². The summed E-state index contributed by atoms with van der Waals surface area (Å²) in [5.74, 6) is -5.99. The molecule has 0 saturated carbocycles. The van der Waals surface area contributed by atoms with Crippen molar-refractivity contribution < 1.29 is 44.1 Å². The van der Waals surface area contributed by atoms with E-state index in [2.05, 4.69) is 10.6 Å². The van der Waals surface area contributed by atoms with Gasteiger partial charge in [0.15, 0.2) is 6.04 Å². The largest absolute Gasteiger partial charge is 0.480 e. The Labute approximate surface area is 183 Å². The van der Waals surface area contributed by atoms with Gasteiger partial charge in [-0.2, -0.15) is 0 Å². The summed E-state index contributed by atoms with van der Waals surface area (Å²) < 4.78 is 0. The van der Waals surface area contributed by atoms with Crippen molar-refractivity contribution in [3.05, 3.63) is 0 Å². The summed E-state index contributed by atoms with van der Waals surface area (Å²) >= 11 is 0. The van der Waals surface area contributed by atoms with Crippen molar-refractivity contribution in [2.24, 2.45) is 17.2 Å². The molecule has 0 fully saturated rings. The molecule has 0 aromatic carbocycles. The first kappa shape index (κ1) is 28.7. The lowest BCUT2D eigenvalue weighted by molar-refractivity contribution is -0.145. The summed E-state index contributed by atoms with van der Waals surface area (Å²) in [5.41, 5.74) is 15.7. The van der Waals surface area contributed by atoms with Crippen LogP contribution in [0, 0.1) is 0 Å². The van der Waals surface area contributed by atoms with Crippen molar-refractivity contribution in [1.82, 2.24) is 16.0 Å². The van der Waals surface area contributed by atoms with Crippen LogP contribution in [-0.4, -0.2) is 87.7 Å². The third-order valence-electron chi connectivity index (χ3n) is 4.21. The SMILES string of the molecule is CC(O)C(NC(=O)C(CO)NC(=O)C(CCC(N)=O)NC(=O)C(N)CCC(N)=O)C(=O)O. The molecule has 15 heteroatoms. The minimum absolute atomic E-state index is 0.108. The number of amides is 5. The standard InChI is InChI=1S/C17H30N6O9/c1-7(25)13(17(31)32)23-16(30)10(6-24)22-15(29)9(3-5-12(20)27)21-14(28)8(18)2-4-11(19)26/h7-10,13,24-25H,2-6,18H2,1H3,(H2,19,26)(H2,20,27)(H,21,28)(H,22,29)(H,23,30)(H,31,32). The number of hydrogen-bond donors (Lipinski definition) is 9. The van der Waals surface area contributed by atoms with Crippen LogP contribution in [0.5, 0.6) is 0 Å². The molecule has 5 amide bonds. The van der Waals surface area contributed by atoms with E-state index in [4.69, 9.17) is 22.3 Å². The molecule has 0 radical (unpaired) electrons. The molecule has 12 N–H and O–H groups in total. The van der Waals surface area contributed by atoms with Crippen LogP contribution in [0.25, 0.3) is 0 Å². The number of rotatable bonds is 15. The van der Waals surface area contributed by atoms with Crippen LogP contribution in [0.1, 0.15) is 32.6 Å². The molecule has 0 aromatic rings. The molecule has 0 aliphatic carbocycles. The molecule has 0 aromatic heterocycles. The van der Waals surface area contributed by atoms with Gasteiger partial charge in [-0.25, -0.2) is 4.79 Å². The molecule has 0 aliphatic heterocycles. The number of aliphatic hydroxyl groups excluding tert-OH is 2. The molecule has 32 heavy (non-hydrogen) atoms. The molecule has 0 spiro atoms. The summed E-state index contributed by atoms with van der Waals surface area (Å²) in [6, 6.07) is -5.95. The number of primary amides is 2. The van der Waals surface area contributed by atoms with Crippen LogP contribution >= 0.6 is 0 Å². The van der Waals surface area contributed by atoms with Crippen molar-refractivity contribution >= 4 is 35.5 Å². The predicted molar refractivity (Wildman–Crippen MR) is 107 cm³/mol. The van der Waals surface area contributed by atoms with E-state index < -0.39 is 72.4 Å². The van der Waals surface area contributed by atoms with Gasteiger partial charge in [0, 0.05) is 12.8 Å². The van der Waals surface area contributed by atoms with E-state index in [-0.39, 0.29) is 25.7 Å². The summed E-state index contributed by atoms with van der Waals surface area (Å²) in [7, 11) is 0. The fourth-order valence-corrected chi connectivity index (χ4v) is 2.37. The Morgan fingerprint density at radius 2 is 1.28 bits per heavy atom. The van der Waals surface area contributed by atoms with Gasteiger partial charge < -0.3 is 48.5 Å². The molecule has 0 aliphatic rings. The molecule has 0 heterocycles. The molecule has 0 bridgehead atoms. The Hall–Kier alpha value is -3.30. The van der Waals surface area contributed by atoms with Crippen LogP contribution in [0.4, 0.5) is 0 Å². The minimum atomic E-state index is -1.71. The van der Waals surface area contributed by atoms with E-state index >= 15 is 0 Å². The highest BCUT2D eigenvalue weighted by molar-refractivity contribution is 5.94. The first-order valence-corrected chi connectivity index (χ1v) is 9.55. The fraction of sp³-hybridized carbons (Fsp3) is 0.647. The molecule has 5 atom stereocenters. The Balaban J connectivity index is 5.29. The van der Waals surface area contributed by atoms with Crippen LogP contribution < -0.4 is 33.2 Å². The van der Waals surface area contributed by atoms with E-state index in [9.17, 15) is 39.0 Å². The van der Waals surface area contributed by atoms with Crippen molar-refractivity contribution in [3.8, 4) is 0 Å². The zero-order chi connectivity index (χ0) is 25.0.